The minimum Gasteiger partial charge on any atom is -0.350 e. The van der Waals surface area contributed by atoms with Gasteiger partial charge >= 0.3 is 0 Å². The molecule has 0 radical (unpaired) electrons. The van der Waals surface area contributed by atoms with Crippen LogP contribution in [0.5, 0.6) is 0 Å². The van der Waals surface area contributed by atoms with Crippen molar-refractivity contribution in [2.75, 3.05) is 0 Å². The maximum absolute atomic E-state index is 11.8. The van der Waals surface area contributed by atoms with Gasteiger partial charge < -0.3 is 11.1 Å². The molecule has 5 heteroatoms. The van der Waals surface area contributed by atoms with E-state index in [1.807, 2.05) is 36.6 Å². The molecule has 0 aliphatic rings. The summed E-state index contributed by atoms with van der Waals surface area (Å²) in [5.74, 6) is -0.126. The molecule has 17 heavy (non-hydrogen) atoms. The Kier molecular flexibility index (Phi) is 3.93. The molecule has 0 fully saturated rings. The van der Waals surface area contributed by atoms with Crippen LogP contribution in [0, 0.1) is 6.92 Å². The van der Waals surface area contributed by atoms with Gasteiger partial charge in [-0.3, -0.25) is 4.79 Å². The van der Waals surface area contributed by atoms with Gasteiger partial charge in [0.25, 0.3) is 0 Å². The van der Waals surface area contributed by atoms with Gasteiger partial charge in [-0.2, -0.15) is 0 Å². The minimum absolute atomic E-state index is 0.126. The molecular formula is C12H14N2OS2. The number of rotatable bonds is 4. The van der Waals surface area contributed by atoms with E-state index in [2.05, 4.69) is 5.32 Å². The first kappa shape index (κ1) is 12.3. The van der Waals surface area contributed by atoms with Crippen molar-refractivity contribution in [3.8, 4) is 0 Å². The largest absolute Gasteiger partial charge is 0.350 e. The Hall–Kier alpha value is -1.17. The zero-order valence-electron chi connectivity index (χ0n) is 9.47. The van der Waals surface area contributed by atoms with Crippen molar-refractivity contribution in [3.05, 3.63) is 44.3 Å². The molecule has 0 saturated carbocycles. The standard InChI is InChI=1S/C12H14N2OS2/c1-8-4-5-9(17-8)7-14-12(15)11(13)10-3-2-6-16-10/h2-6,11H,7,13H2,1H3,(H,14,15). The zero-order valence-corrected chi connectivity index (χ0v) is 11.1. The second-order valence-corrected chi connectivity index (χ2v) is 6.07. The molecule has 1 unspecified atom stereocenters. The van der Waals surface area contributed by atoms with E-state index in [1.54, 1.807) is 11.3 Å². The Morgan fingerprint density at radius 2 is 2.29 bits per heavy atom. The van der Waals surface area contributed by atoms with E-state index < -0.39 is 6.04 Å². The predicted molar refractivity (Wildman–Crippen MR) is 72.2 cm³/mol. The molecule has 0 aromatic carbocycles. The average Bonchev–Trinajstić information content (AvgIpc) is 2.95. The van der Waals surface area contributed by atoms with Gasteiger partial charge in [0.05, 0.1) is 6.54 Å². The van der Waals surface area contributed by atoms with Crippen molar-refractivity contribution < 1.29 is 4.79 Å². The van der Waals surface area contributed by atoms with Gasteiger partial charge in [-0.1, -0.05) is 6.07 Å². The van der Waals surface area contributed by atoms with Crippen LogP contribution in [0.15, 0.2) is 29.6 Å². The predicted octanol–water partition coefficient (Wildman–Crippen LogP) is 2.43. The Balaban J connectivity index is 1.89. The number of hydrogen-bond donors (Lipinski definition) is 2. The van der Waals surface area contributed by atoms with Crippen molar-refractivity contribution in [2.45, 2.75) is 19.5 Å². The van der Waals surface area contributed by atoms with Crippen LogP contribution in [-0.2, 0) is 11.3 Å². The SMILES string of the molecule is Cc1ccc(CNC(=O)C(N)c2cccs2)s1. The van der Waals surface area contributed by atoms with E-state index in [0.717, 1.165) is 9.75 Å². The molecule has 1 atom stereocenters. The highest BCUT2D eigenvalue weighted by Gasteiger charge is 2.16. The average molecular weight is 266 g/mol. The van der Waals surface area contributed by atoms with Gasteiger partial charge in [-0.05, 0) is 30.5 Å². The summed E-state index contributed by atoms with van der Waals surface area (Å²) >= 11 is 3.19. The third-order valence-corrected chi connectivity index (χ3v) is 4.32. The number of aryl methyl sites for hydroxylation is 1. The molecule has 0 aliphatic carbocycles. The number of hydrogen-bond acceptors (Lipinski definition) is 4. The number of amides is 1. The molecular weight excluding hydrogens is 252 g/mol. The van der Waals surface area contributed by atoms with E-state index in [4.69, 9.17) is 5.73 Å². The maximum Gasteiger partial charge on any atom is 0.242 e. The first-order chi connectivity index (χ1) is 8.16. The molecule has 2 rings (SSSR count). The van der Waals surface area contributed by atoms with E-state index in [0.29, 0.717) is 6.54 Å². The molecule has 0 spiro atoms. The Bertz CT molecular complexity index is 490. The molecule has 2 aromatic heterocycles. The highest BCUT2D eigenvalue weighted by Crippen LogP contribution is 2.18. The van der Waals surface area contributed by atoms with Crippen LogP contribution in [0.25, 0.3) is 0 Å². The van der Waals surface area contributed by atoms with Crippen LogP contribution in [0.2, 0.25) is 0 Å². The highest BCUT2D eigenvalue weighted by atomic mass is 32.1. The van der Waals surface area contributed by atoms with Crippen LogP contribution in [0.4, 0.5) is 0 Å². The van der Waals surface area contributed by atoms with Crippen LogP contribution < -0.4 is 11.1 Å². The van der Waals surface area contributed by atoms with Crippen molar-refractivity contribution in [3.63, 3.8) is 0 Å². The Labute approximate surface area is 108 Å². The van der Waals surface area contributed by atoms with Crippen LogP contribution in [0.3, 0.4) is 0 Å². The smallest absolute Gasteiger partial charge is 0.242 e. The molecule has 0 aliphatic heterocycles. The van der Waals surface area contributed by atoms with Gasteiger partial charge in [-0.25, -0.2) is 0 Å². The summed E-state index contributed by atoms with van der Waals surface area (Å²) in [4.78, 5) is 15.1. The fourth-order valence-corrected chi connectivity index (χ4v) is 3.02. The van der Waals surface area contributed by atoms with Crippen LogP contribution >= 0.6 is 22.7 Å². The van der Waals surface area contributed by atoms with E-state index in [1.165, 1.54) is 16.2 Å². The summed E-state index contributed by atoms with van der Waals surface area (Å²) < 4.78 is 0. The molecule has 2 aromatic rings. The van der Waals surface area contributed by atoms with Crippen molar-refractivity contribution in [1.29, 1.82) is 0 Å². The second kappa shape index (κ2) is 5.44. The lowest BCUT2D eigenvalue weighted by molar-refractivity contribution is -0.122. The summed E-state index contributed by atoms with van der Waals surface area (Å²) in [6.07, 6.45) is 0. The molecule has 0 bridgehead atoms. The van der Waals surface area contributed by atoms with Gasteiger partial charge in [0.1, 0.15) is 6.04 Å². The number of nitrogens with one attached hydrogen (secondary N) is 1. The lowest BCUT2D eigenvalue weighted by Gasteiger charge is -2.09. The number of carbonyl (C=O) groups is 1. The van der Waals surface area contributed by atoms with Crippen molar-refractivity contribution in [2.24, 2.45) is 5.73 Å². The Morgan fingerprint density at radius 1 is 1.47 bits per heavy atom. The summed E-state index contributed by atoms with van der Waals surface area (Å²) in [5, 5.41) is 4.78. The molecule has 0 saturated heterocycles. The number of carbonyl (C=O) groups excluding carboxylic acids is 1. The third-order valence-electron chi connectivity index (χ3n) is 2.37. The van der Waals surface area contributed by atoms with Crippen molar-refractivity contribution in [1.82, 2.24) is 5.32 Å². The summed E-state index contributed by atoms with van der Waals surface area (Å²) in [6, 6.07) is 7.29. The Morgan fingerprint density at radius 3 is 2.88 bits per heavy atom. The zero-order chi connectivity index (χ0) is 12.3. The number of nitrogens with two attached hydrogens (primary N) is 1. The maximum atomic E-state index is 11.8. The first-order valence-electron chi connectivity index (χ1n) is 5.29. The second-order valence-electron chi connectivity index (χ2n) is 3.72. The van der Waals surface area contributed by atoms with Crippen molar-refractivity contribution >= 4 is 28.6 Å². The monoisotopic (exact) mass is 266 g/mol. The fraction of sp³-hybridized carbons (Fsp3) is 0.250. The minimum atomic E-state index is -0.559. The van der Waals surface area contributed by atoms with E-state index in [-0.39, 0.29) is 5.91 Å². The topological polar surface area (TPSA) is 55.1 Å². The molecule has 1 amide bonds. The van der Waals surface area contributed by atoms with Gasteiger partial charge in [0.15, 0.2) is 0 Å². The lowest BCUT2D eigenvalue weighted by Crippen LogP contribution is -2.32. The first-order valence-corrected chi connectivity index (χ1v) is 6.98. The highest BCUT2D eigenvalue weighted by molar-refractivity contribution is 7.11. The van der Waals surface area contributed by atoms with E-state index in [9.17, 15) is 4.79 Å². The third kappa shape index (κ3) is 3.15. The summed E-state index contributed by atoms with van der Waals surface area (Å²) in [7, 11) is 0. The molecule has 2 heterocycles. The van der Waals surface area contributed by atoms with Gasteiger partial charge in [0.2, 0.25) is 5.91 Å². The fourth-order valence-electron chi connectivity index (χ4n) is 1.46. The van der Waals surface area contributed by atoms with Gasteiger partial charge in [0, 0.05) is 14.6 Å². The molecule has 3 N–H and O–H groups in total. The van der Waals surface area contributed by atoms with Crippen LogP contribution in [0.1, 0.15) is 20.7 Å². The number of thiophene rings is 2. The normalized spacial score (nSPS) is 12.4. The summed E-state index contributed by atoms with van der Waals surface area (Å²) in [5.41, 5.74) is 5.85. The summed E-state index contributed by atoms with van der Waals surface area (Å²) in [6.45, 7) is 2.60. The van der Waals surface area contributed by atoms with Gasteiger partial charge in [-0.15, -0.1) is 22.7 Å². The van der Waals surface area contributed by atoms with E-state index >= 15 is 0 Å². The molecule has 3 nitrogen and oxygen atoms in total. The lowest BCUT2D eigenvalue weighted by atomic mass is 10.2. The quantitative estimate of drug-likeness (QED) is 0.893. The van der Waals surface area contributed by atoms with Crippen LogP contribution in [-0.4, -0.2) is 5.91 Å². The molecule has 90 valence electrons.